The second kappa shape index (κ2) is 7.27. The van der Waals surface area contributed by atoms with Crippen LogP contribution in [0.25, 0.3) is 0 Å². The molecule has 1 aromatic carbocycles. The lowest BCUT2D eigenvalue weighted by Gasteiger charge is -2.14. The molecule has 1 atom stereocenters. The van der Waals surface area contributed by atoms with Gasteiger partial charge in [-0.2, -0.15) is 0 Å². The van der Waals surface area contributed by atoms with Crippen molar-refractivity contribution in [3.63, 3.8) is 0 Å². The van der Waals surface area contributed by atoms with E-state index in [1.165, 1.54) is 0 Å². The number of nitrogens with one attached hydrogen (secondary N) is 1. The van der Waals surface area contributed by atoms with Gasteiger partial charge in [0.1, 0.15) is 6.61 Å². The van der Waals surface area contributed by atoms with Crippen molar-refractivity contribution in [1.29, 1.82) is 0 Å². The fourth-order valence-corrected chi connectivity index (χ4v) is 1.59. The third-order valence-electron chi connectivity index (χ3n) is 2.22. The number of carbonyl (C=O) groups excluding carboxylic acids is 1. The van der Waals surface area contributed by atoms with Crippen LogP contribution in [0, 0.1) is 0 Å². The van der Waals surface area contributed by atoms with E-state index in [1.807, 2.05) is 25.1 Å². The lowest BCUT2D eigenvalue weighted by molar-refractivity contribution is -0.126. The molecule has 0 radical (unpaired) electrons. The zero-order valence-corrected chi connectivity index (χ0v) is 10.5. The minimum Gasteiger partial charge on any atom is -0.370 e. The molecule has 0 spiro atoms. The van der Waals surface area contributed by atoms with Crippen LogP contribution in [0.3, 0.4) is 0 Å². The maximum absolute atomic E-state index is 11.5. The van der Waals surface area contributed by atoms with Gasteiger partial charge in [0, 0.05) is 11.6 Å². The number of amides is 1. The predicted molar refractivity (Wildman–Crippen MR) is 67.9 cm³/mol. The van der Waals surface area contributed by atoms with E-state index < -0.39 is 0 Å². The first-order valence-electron chi connectivity index (χ1n) is 5.46. The Bertz CT molecular complexity index is 371. The van der Waals surface area contributed by atoms with Gasteiger partial charge in [-0.25, -0.2) is 0 Å². The SMILES string of the molecule is C[C@@H](NC(=O)COCCN)c1cccc(Cl)c1. The van der Waals surface area contributed by atoms with Crippen molar-refractivity contribution in [2.75, 3.05) is 19.8 Å². The number of carbonyl (C=O) groups is 1. The Morgan fingerprint density at radius 3 is 3.00 bits per heavy atom. The minimum absolute atomic E-state index is 0.0299. The van der Waals surface area contributed by atoms with E-state index in [-0.39, 0.29) is 18.6 Å². The number of ether oxygens (including phenoxy) is 1. The first-order chi connectivity index (χ1) is 8.13. The molecule has 0 fully saturated rings. The van der Waals surface area contributed by atoms with Crippen molar-refractivity contribution < 1.29 is 9.53 Å². The second-order valence-corrected chi connectivity index (χ2v) is 4.12. The fourth-order valence-electron chi connectivity index (χ4n) is 1.39. The van der Waals surface area contributed by atoms with Crippen LogP contribution in [0.15, 0.2) is 24.3 Å². The molecular formula is C12H17ClN2O2. The molecule has 0 unspecified atom stereocenters. The summed E-state index contributed by atoms with van der Waals surface area (Å²) in [6.07, 6.45) is 0. The molecule has 0 aliphatic carbocycles. The Morgan fingerprint density at radius 2 is 2.35 bits per heavy atom. The Balaban J connectivity index is 2.43. The van der Waals surface area contributed by atoms with E-state index >= 15 is 0 Å². The molecule has 0 aliphatic heterocycles. The molecule has 1 rings (SSSR count). The number of rotatable bonds is 6. The maximum atomic E-state index is 11.5. The highest BCUT2D eigenvalue weighted by atomic mass is 35.5. The molecular weight excluding hydrogens is 240 g/mol. The summed E-state index contributed by atoms with van der Waals surface area (Å²) in [6.45, 7) is 2.73. The molecule has 3 N–H and O–H groups in total. The third kappa shape index (κ3) is 5.17. The molecule has 5 heteroatoms. The van der Waals surface area contributed by atoms with Gasteiger partial charge in [0.05, 0.1) is 12.6 Å². The van der Waals surface area contributed by atoms with Gasteiger partial charge in [-0.05, 0) is 24.6 Å². The van der Waals surface area contributed by atoms with Gasteiger partial charge >= 0.3 is 0 Å². The third-order valence-corrected chi connectivity index (χ3v) is 2.46. The molecule has 0 bridgehead atoms. The van der Waals surface area contributed by atoms with Crippen molar-refractivity contribution in [2.45, 2.75) is 13.0 Å². The highest BCUT2D eigenvalue weighted by Crippen LogP contribution is 2.16. The van der Waals surface area contributed by atoms with Crippen LogP contribution >= 0.6 is 11.6 Å². The lowest BCUT2D eigenvalue weighted by atomic mass is 10.1. The number of halogens is 1. The zero-order valence-electron chi connectivity index (χ0n) is 9.78. The van der Waals surface area contributed by atoms with Gasteiger partial charge in [0.25, 0.3) is 0 Å². The van der Waals surface area contributed by atoms with E-state index in [0.29, 0.717) is 18.2 Å². The first-order valence-corrected chi connectivity index (χ1v) is 5.84. The molecule has 0 aliphatic rings. The van der Waals surface area contributed by atoms with Crippen LogP contribution in [-0.4, -0.2) is 25.7 Å². The van der Waals surface area contributed by atoms with Crippen molar-refractivity contribution in [3.05, 3.63) is 34.9 Å². The molecule has 0 heterocycles. The van der Waals surface area contributed by atoms with Crippen molar-refractivity contribution in [1.82, 2.24) is 5.32 Å². The summed E-state index contributed by atoms with van der Waals surface area (Å²) in [4.78, 5) is 11.5. The maximum Gasteiger partial charge on any atom is 0.246 e. The van der Waals surface area contributed by atoms with E-state index in [2.05, 4.69) is 5.32 Å². The average molecular weight is 257 g/mol. The topological polar surface area (TPSA) is 64.3 Å². The van der Waals surface area contributed by atoms with Crippen LogP contribution in [0.2, 0.25) is 5.02 Å². The van der Waals surface area contributed by atoms with Crippen LogP contribution in [-0.2, 0) is 9.53 Å². The van der Waals surface area contributed by atoms with Gasteiger partial charge in [0.2, 0.25) is 5.91 Å². The van der Waals surface area contributed by atoms with Gasteiger partial charge in [-0.3, -0.25) is 4.79 Å². The highest BCUT2D eigenvalue weighted by Gasteiger charge is 2.09. The molecule has 4 nitrogen and oxygen atoms in total. The van der Waals surface area contributed by atoms with Crippen LogP contribution < -0.4 is 11.1 Å². The van der Waals surface area contributed by atoms with Crippen LogP contribution in [0.5, 0.6) is 0 Å². The Hall–Kier alpha value is -1.10. The summed E-state index contributed by atoms with van der Waals surface area (Å²) in [6, 6.07) is 7.29. The van der Waals surface area contributed by atoms with Crippen LogP contribution in [0.4, 0.5) is 0 Å². The monoisotopic (exact) mass is 256 g/mol. The molecule has 1 aromatic rings. The van der Waals surface area contributed by atoms with Gasteiger partial charge in [-0.1, -0.05) is 23.7 Å². The molecule has 94 valence electrons. The minimum atomic E-state index is -0.161. The van der Waals surface area contributed by atoms with Gasteiger partial charge in [0.15, 0.2) is 0 Å². The standard InChI is InChI=1S/C12H17ClN2O2/c1-9(10-3-2-4-11(13)7-10)15-12(16)8-17-6-5-14/h2-4,7,9H,5-6,8,14H2,1H3,(H,15,16)/t9-/m1/s1. The fraction of sp³-hybridized carbons (Fsp3) is 0.417. The summed E-state index contributed by atoms with van der Waals surface area (Å²) in [5.74, 6) is -0.161. The molecule has 0 aromatic heterocycles. The second-order valence-electron chi connectivity index (χ2n) is 3.69. The predicted octanol–water partition coefficient (Wildman–Crippen LogP) is 1.49. The Kier molecular flexibility index (Phi) is 5.97. The smallest absolute Gasteiger partial charge is 0.246 e. The number of nitrogens with two attached hydrogens (primary N) is 1. The lowest BCUT2D eigenvalue weighted by Crippen LogP contribution is -2.30. The van der Waals surface area contributed by atoms with Gasteiger partial charge < -0.3 is 15.8 Å². The van der Waals surface area contributed by atoms with Crippen LogP contribution in [0.1, 0.15) is 18.5 Å². The molecule has 0 saturated heterocycles. The highest BCUT2D eigenvalue weighted by molar-refractivity contribution is 6.30. The summed E-state index contributed by atoms with van der Waals surface area (Å²) in [5.41, 5.74) is 6.21. The van der Waals surface area contributed by atoms with Crippen molar-refractivity contribution in [3.8, 4) is 0 Å². The number of hydrogen-bond donors (Lipinski definition) is 2. The molecule has 0 saturated carbocycles. The van der Waals surface area contributed by atoms with Gasteiger partial charge in [-0.15, -0.1) is 0 Å². The van der Waals surface area contributed by atoms with Crippen molar-refractivity contribution in [2.24, 2.45) is 5.73 Å². The van der Waals surface area contributed by atoms with E-state index in [0.717, 1.165) is 5.56 Å². The summed E-state index contributed by atoms with van der Waals surface area (Å²) < 4.78 is 5.04. The number of benzene rings is 1. The largest absolute Gasteiger partial charge is 0.370 e. The van der Waals surface area contributed by atoms with E-state index in [1.54, 1.807) is 6.07 Å². The summed E-state index contributed by atoms with van der Waals surface area (Å²) in [7, 11) is 0. The molecule has 1 amide bonds. The average Bonchev–Trinajstić information content (AvgIpc) is 2.29. The summed E-state index contributed by atoms with van der Waals surface area (Å²) >= 11 is 5.88. The Labute approximate surface area is 106 Å². The first kappa shape index (κ1) is 14.0. The normalized spacial score (nSPS) is 12.2. The van der Waals surface area contributed by atoms with Crippen molar-refractivity contribution >= 4 is 17.5 Å². The van der Waals surface area contributed by atoms with E-state index in [9.17, 15) is 4.79 Å². The summed E-state index contributed by atoms with van der Waals surface area (Å²) in [5, 5.41) is 3.47. The van der Waals surface area contributed by atoms with E-state index in [4.69, 9.17) is 22.1 Å². The molecule has 17 heavy (non-hydrogen) atoms. The Morgan fingerprint density at radius 1 is 1.59 bits per heavy atom. The zero-order chi connectivity index (χ0) is 12.7. The quantitative estimate of drug-likeness (QED) is 0.758. The number of hydrogen-bond acceptors (Lipinski definition) is 3.